The molecule has 0 bridgehead atoms. The molecule has 0 spiro atoms. The zero-order valence-corrected chi connectivity index (χ0v) is 29.3. The van der Waals surface area contributed by atoms with Crippen molar-refractivity contribution in [3.05, 3.63) is 35.3 Å². The normalized spacial score (nSPS) is 26.9. The first kappa shape index (κ1) is 37.6. The van der Waals surface area contributed by atoms with Gasteiger partial charge in [-0.3, -0.25) is 42.6 Å². The van der Waals surface area contributed by atoms with Gasteiger partial charge >= 0.3 is 16.1 Å². The van der Waals surface area contributed by atoms with Crippen LogP contribution in [-0.4, -0.2) is 89.6 Å². The van der Waals surface area contributed by atoms with Crippen LogP contribution in [0.3, 0.4) is 0 Å². The molecule has 1 aliphatic heterocycles. The van der Waals surface area contributed by atoms with Crippen molar-refractivity contribution in [3.63, 3.8) is 0 Å². The van der Waals surface area contributed by atoms with Gasteiger partial charge in [-0.05, 0) is 18.9 Å². The second-order valence-corrected chi connectivity index (χ2v) is 14.5. The van der Waals surface area contributed by atoms with Crippen molar-refractivity contribution in [2.75, 3.05) is 30.5 Å². The lowest BCUT2D eigenvalue weighted by molar-refractivity contribution is -0.118. The number of nitriles is 1. The Balaban J connectivity index is 1.40. The number of anilines is 2. The van der Waals surface area contributed by atoms with E-state index < -0.39 is 76.4 Å². The summed E-state index contributed by atoms with van der Waals surface area (Å²) < 4.78 is 56.2. The summed E-state index contributed by atoms with van der Waals surface area (Å²) in [6, 6.07) is 3.32. The minimum Gasteiger partial charge on any atom is -0.394 e. The molecule has 50 heavy (non-hydrogen) atoms. The second kappa shape index (κ2) is 16.6. The summed E-state index contributed by atoms with van der Waals surface area (Å²) in [7, 11) is -7.89. The number of fused-ring (bicyclic) bond motifs is 1. The lowest BCUT2D eigenvalue weighted by Crippen LogP contribution is -2.29. The first-order valence-corrected chi connectivity index (χ1v) is 18.5. The molecule has 0 aromatic carbocycles. The summed E-state index contributed by atoms with van der Waals surface area (Å²) in [5, 5.41) is 25.0. The molecule has 4 heterocycles. The maximum Gasteiger partial charge on any atom is 0.475 e. The summed E-state index contributed by atoms with van der Waals surface area (Å²) >= 11 is 0. The molecule has 2 fully saturated rings. The van der Waals surface area contributed by atoms with Crippen LogP contribution in [0.5, 0.6) is 0 Å². The van der Waals surface area contributed by atoms with Crippen LogP contribution >= 0.6 is 16.1 Å². The van der Waals surface area contributed by atoms with Gasteiger partial charge in [-0.2, -0.15) is 10.2 Å². The summed E-state index contributed by atoms with van der Waals surface area (Å²) in [5.41, 5.74) is -0.721. The molecule has 5 N–H and O–H groups in total. The van der Waals surface area contributed by atoms with E-state index in [-0.39, 0.29) is 42.8 Å². The molecule has 0 radical (unpaired) electrons. The first-order valence-electron chi connectivity index (χ1n) is 15.8. The van der Waals surface area contributed by atoms with Gasteiger partial charge in [-0.1, -0.05) is 20.8 Å². The highest BCUT2D eigenvalue weighted by molar-refractivity contribution is 7.48. The number of aromatic nitrogens is 6. The average Bonchev–Trinajstić information content (AvgIpc) is 3.75. The molecule has 22 heteroatoms. The number of ether oxygens (including phenoxy) is 1. The fourth-order valence-corrected chi connectivity index (χ4v) is 7.77. The van der Waals surface area contributed by atoms with E-state index >= 15 is 0 Å². The van der Waals surface area contributed by atoms with Crippen LogP contribution in [0.2, 0.25) is 0 Å². The van der Waals surface area contributed by atoms with E-state index in [0.29, 0.717) is 18.7 Å². The molecular formula is C28H39N9O11P2. The average molecular weight is 740 g/mol. The van der Waals surface area contributed by atoms with Gasteiger partial charge in [0.2, 0.25) is 11.9 Å². The Hall–Kier alpha value is -3.63. The molecule has 2 unspecified atom stereocenters. The molecule has 9 atom stereocenters. The molecule has 20 nitrogen and oxygen atoms in total. The number of hydrogen-bond acceptors (Lipinski definition) is 16. The number of imidazole rings is 1. The smallest absolute Gasteiger partial charge is 0.394 e. The van der Waals surface area contributed by atoms with Crippen LogP contribution in [0, 0.1) is 29.1 Å². The molecule has 3 aromatic rings. The lowest BCUT2D eigenvalue weighted by Gasteiger charge is -2.28. The fraction of sp³-hybridized carbons (Fsp3) is 0.607. The molecule has 1 amide bonds. The predicted molar refractivity (Wildman–Crippen MR) is 175 cm³/mol. The van der Waals surface area contributed by atoms with E-state index in [1.165, 1.54) is 17.2 Å². The topological polar surface area (TPSA) is 275 Å². The molecule has 1 saturated carbocycles. The van der Waals surface area contributed by atoms with E-state index in [9.17, 15) is 28.7 Å². The highest BCUT2D eigenvalue weighted by Crippen LogP contribution is 2.55. The first-order chi connectivity index (χ1) is 23.9. The minimum absolute atomic E-state index is 0.00532. The quantitative estimate of drug-likeness (QED) is 0.104. The zero-order chi connectivity index (χ0) is 36.0. The van der Waals surface area contributed by atoms with Crippen molar-refractivity contribution in [1.82, 2.24) is 29.5 Å². The van der Waals surface area contributed by atoms with Gasteiger partial charge in [0.1, 0.15) is 18.2 Å². The van der Waals surface area contributed by atoms with Gasteiger partial charge in [0, 0.05) is 30.0 Å². The van der Waals surface area contributed by atoms with Gasteiger partial charge in [0.25, 0.3) is 5.56 Å². The van der Waals surface area contributed by atoms with E-state index in [1.54, 1.807) is 33.0 Å². The van der Waals surface area contributed by atoms with Gasteiger partial charge in [0.15, 0.2) is 17.4 Å². The van der Waals surface area contributed by atoms with E-state index in [2.05, 4.69) is 35.6 Å². The molecule has 1 saturated heterocycles. The Bertz CT molecular complexity index is 1800. The van der Waals surface area contributed by atoms with Gasteiger partial charge in [0.05, 0.1) is 50.8 Å². The third-order valence-electron chi connectivity index (χ3n) is 8.33. The Morgan fingerprint density at radius 2 is 2.12 bits per heavy atom. The number of nitrogens with one attached hydrogen (secondary N) is 3. The molecule has 272 valence electrons. The van der Waals surface area contributed by atoms with Crippen molar-refractivity contribution in [3.8, 4) is 6.07 Å². The molecular weight excluding hydrogens is 700 g/mol. The number of aliphatic hydroxyl groups is 1. The van der Waals surface area contributed by atoms with Crippen LogP contribution in [0.25, 0.3) is 11.2 Å². The second-order valence-electron chi connectivity index (χ2n) is 12.1. The molecule has 2 aliphatic rings. The number of phosphoric ester groups is 1. The summed E-state index contributed by atoms with van der Waals surface area (Å²) in [6.07, 6.45) is 0.817. The number of phosphoric acid groups is 1. The van der Waals surface area contributed by atoms with Crippen molar-refractivity contribution in [1.29, 1.82) is 5.26 Å². The standard InChI is InChI=1S/C28H39N9O11P2/c1-15(2)25(39)35-28-34-24-22(26(40)36-28)32-14-37(24)27-23(16(3)20(11-38)46-27)48-50(43,44-8-4-6-29)45-12-17-9-18(10-19(17)47-49(41)42)33-21-5-7-30-13-31-21/h5,7,13-20,23,27,38,49H,4,8-12H2,1-3H3,(H,41,42)(H,30,31,33)(H2,34,35,36,39,40)/t16-,17-,18-,19+,20-,23-,27-,50?/m1/s1. The predicted octanol–water partition coefficient (Wildman–Crippen LogP) is 2.13. The van der Waals surface area contributed by atoms with Crippen LogP contribution in [0.4, 0.5) is 11.8 Å². The largest absolute Gasteiger partial charge is 0.475 e. The maximum atomic E-state index is 14.3. The maximum absolute atomic E-state index is 14.3. The highest BCUT2D eigenvalue weighted by Gasteiger charge is 2.49. The number of carbonyl (C=O) groups excluding carboxylic acids is 1. The summed E-state index contributed by atoms with van der Waals surface area (Å²) in [4.78, 5) is 53.7. The Morgan fingerprint density at radius 1 is 1.32 bits per heavy atom. The van der Waals surface area contributed by atoms with Crippen molar-refractivity contribution >= 4 is 44.9 Å². The Morgan fingerprint density at radius 3 is 2.80 bits per heavy atom. The number of hydrogen-bond donors (Lipinski definition) is 5. The van der Waals surface area contributed by atoms with Crippen LogP contribution in [0.1, 0.15) is 46.3 Å². The van der Waals surface area contributed by atoms with E-state index in [4.69, 9.17) is 28.1 Å². The number of amides is 1. The van der Waals surface area contributed by atoms with Gasteiger partial charge < -0.3 is 24.6 Å². The van der Waals surface area contributed by atoms with E-state index in [0.717, 1.165) is 0 Å². The van der Waals surface area contributed by atoms with E-state index in [1.807, 2.05) is 6.07 Å². The Labute approximate surface area is 286 Å². The van der Waals surface area contributed by atoms with Crippen molar-refractivity contribution in [2.24, 2.45) is 17.8 Å². The molecule has 5 rings (SSSR count). The Kier molecular flexibility index (Phi) is 12.5. The summed E-state index contributed by atoms with van der Waals surface area (Å²) in [6.45, 7) is 3.97. The molecule has 1 aliphatic carbocycles. The van der Waals surface area contributed by atoms with Crippen LogP contribution < -0.4 is 16.2 Å². The number of nitrogens with zero attached hydrogens (tertiary/aromatic N) is 6. The van der Waals surface area contributed by atoms with Gasteiger partial charge in [-0.25, -0.2) is 19.5 Å². The third-order valence-corrected chi connectivity index (χ3v) is 10.3. The monoisotopic (exact) mass is 739 g/mol. The number of carbonyl (C=O) groups is 1. The van der Waals surface area contributed by atoms with Gasteiger partial charge in [-0.15, -0.1) is 0 Å². The zero-order valence-electron chi connectivity index (χ0n) is 27.4. The van der Waals surface area contributed by atoms with Crippen molar-refractivity contribution < 1.29 is 46.8 Å². The highest BCUT2D eigenvalue weighted by atomic mass is 31.2. The summed E-state index contributed by atoms with van der Waals surface area (Å²) in [5.74, 6) is -1.57. The fourth-order valence-electron chi connectivity index (χ4n) is 5.74. The van der Waals surface area contributed by atoms with Crippen molar-refractivity contribution in [2.45, 2.75) is 70.6 Å². The van der Waals surface area contributed by atoms with Crippen LogP contribution in [-0.2, 0) is 36.8 Å². The number of rotatable bonds is 16. The minimum atomic E-state index is -4.54. The molecule has 3 aromatic heterocycles. The lowest BCUT2D eigenvalue weighted by atomic mass is 10.0. The third kappa shape index (κ3) is 8.99. The SMILES string of the molecule is CC(C)C(=O)Nc1nc2c(ncn2[C@@H]2O[C@H](CO)[C@@H](C)[C@H]2OP(=O)(OCCC#N)OC[C@H]2C[C@@H](Nc3ccncn3)C[C@@H]2O[PH](=O)O)c(=O)[nH]1. The number of aliphatic hydroxyl groups excluding tert-OH is 1. The number of H-pyrrole nitrogens is 1. The number of aromatic amines is 1. The van der Waals surface area contributed by atoms with Crippen LogP contribution in [0.15, 0.2) is 29.7 Å².